The molecule has 0 radical (unpaired) electrons. The lowest BCUT2D eigenvalue weighted by Gasteiger charge is -2.35. The van der Waals surface area contributed by atoms with Crippen LogP contribution in [0.1, 0.15) is 73.4 Å². The highest BCUT2D eigenvalue weighted by Gasteiger charge is 2.46. The zero-order valence-corrected chi connectivity index (χ0v) is 22.8. The number of carbonyl (C=O) groups excluding carboxylic acids is 1. The first kappa shape index (κ1) is 27.1. The summed E-state index contributed by atoms with van der Waals surface area (Å²) in [7, 11) is 2.93. The molecular weight excluding hydrogens is 533 g/mol. The quantitative estimate of drug-likeness (QED) is 0.302. The zero-order chi connectivity index (χ0) is 28.7. The van der Waals surface area contributed by atoms with Crippen molar-refractivity contribution < 1.29 is 18.0 Å². The van der Waals surface area contributed by atoms with Gasteiger partial charge in [-0.15, -0.1) is 10.2 Å². The van der Waals surface area contributed by atoms with Crippen molar-refractivity contribution in [3.05, 3.63) is 65.7 Å². The number of alkyl halides is 3. The van der Waals surface area contributed by atoms with Gasteiger partial charge >= 0.3 is 6.18 Å². The number of aromatic nitrogens is 6. The van der Waals surface area contributed by atoms with Crippen molar-refractivity contribution >= 4 is 28.3 Å². The summed E-state index contributed by atoms with van der Waals surface area (Å²) in [5, 5.41) is 15.5. The summed E-state index contributed by atoms with van der Waals surface area (Å²) in [5.41, 5.74) is 4.20. The molecule has 2 saturated carbocycles. The van der Waals surface area contributed by atoms with E-state index >= 15 is 0 Å². The first-order chi connectivity index (χ1) is 19.7. The molecule has 1 atom stereocenters. The summed E-state index contributed by atoms with van der Waals surface area (Å²) in [6, 6.07) is 7.82. The van der Waals surface area contributed by atoms with E-state index in [1.807, 2.05) is 12.1 Å². The highest BCUT2D eigenvalue weighted by atomic mass is 19.4. The second kappa shape index (κ2) is 10.7. The number of aryl methyl sites for hydroxylation is 1. The molecule has 1 N–H and O–H groups in total. The second-order valence-electron chi connectivity index (χ2n) is 11.1. The number of rotatable bonds is 7. The number of fused-ring (bicyclic) bond motifs is 1. The van der Waals surface area contributed by atoms with E-state index in [1.165, 1.54) is 24.0 Å². The van der Waals surface area contributed by atoms with Gasteiger partial charge in [-0.1, -0.05) is 12.1 Å². The summed E-state index contributed by atoms with van der Waals surface area (Å²) in [4.78, 5) is 24.6. The molecule has 214 valence electrons. The molecule has 6 rings (SSSR count). The third-order valence-corrected chi connectivity index (χ3v) is 8.17. The van der Waals surface area contributed by atoms with Gasteiger partial charge in [-0.25, -0.2) is 0 Å². The molecule has 1 amide bonds. The van der Waals surface area contributed by atoms with Gasteiger partial charge in [-0.2, -0.15) is 18.0 Å². The van der Waals surface area contributed by atoms with E-state index in [0.29, 0.717) is 43.1 Å². The minimum atomic E-state index is -4.63. The lowest BCUT2D eigenvalue weighted by Crippen LogP contribution is -2.43. The van der Waals surface area contributed by atoms with E-state index in [-0.39, 0.29) is 11.5 Å². The molecular formula is C29H31F3N8O. The van der Waals surface area contributed by atoms with E-state index in [0.717, 1.165) is 40.0 Å². The van der Waals surface area contributed by atoms with Gasteiger partial charge in [0.05, 0.1) is 30.0 Å². The maximum absolute atomic E-state index is 14.4. The molecule has 2 fully saturated rings. The average Bonchev–Trinajstić information content (AvgIpc) is 3.71. The number of carbonyl (C=O) groups is 1. The minimum Gasteiger partial charge on any atom is -0.354 e. The Bertz CT molecular complexity index is 1540. The molecule has 0 unspecified atom stereocenters. The summed E-state index contributed by atoms with van der Waals surface area (Å²) < 4.78 is 43.1. The number of benzene rings is 1. The van der Waals surface area contributed by atoms with Crippen LogP contribution in [-0.2, 0) is 11.8 Å². The number of nitrogens with one attached hydrogen (secondary N) is 1. The number of anilines is 2. The van der Waals surface area contributed by atoms with Gasteiger partial charge in [0.25, 0.3) is 0 Å². The van der Waals surface area contributed by atoms with E-state index in [1.54, 1.807) is 31.6 Å². The zero-order valence-electron chi connectivity index (χ0n) is 22.8. The van der Waals surface area contributed by atoms with Crippen LogP contribution in [0.2, 0.25) is 0 Å². The SMILES string of the molecule is CN(C(=O)C1CCC(c2nnn(C)n2)CC1)[C@H](c1ccc(Nc2cnc3cccnc3c2C2CC2)cc1)C(F)(F)F. The van der Waals surface area contributed by atoms with Crippen LogP contribution in [0.25, 0.3) is 11.0 Å². The van der Waals surface area contributed by atoms with Crippen LogP contribution in [0.3, 0.4) is 0 Å². The van der Waals surface area contributed by atoms with Crippen LogP contribution in [0, 0.1) is 5.92 Å². The lowest BCUT2D eigenvalue weighted by molar-refractivity contribution is -0.191. The smallest absolute Gasteiger partial charge is 0.354 e. The molecule has 2 aliphatic carbocycles. The number of halogens is 3. The van der Waals surface area contributed by atoms with Crippen LogP contribution in [0.15, 0.2) is 48.8 Å². The van der Waals surface area contributed by atoms with Gasteiger partial charge in [0.15, 0.2) is 11.9 Å². The van der Waals surface area contributed by atoms with Crippen LogP contribution in [-0.4, -0.2) is 54.2 Å². The van der Waals surface area contributed by atoms with E-state index in [9.17, 15) is 18.0 Å². The Morgan fingerprint density at radius 1 is 1.02 bits per heavy atom. The summed E-state index contributed by atoms with van der Waals surface area (Å²) in [6.07, 6.45) is 3.23. The molecule has 3 aromatic heterocycles. The minimum absolute atomic E-state index is 0.0112. The Balaban J connectivity index is 1.17. The van der Waals surface area contributed by atoms with Crippen molar-refractivity contribution in [3.8, 4) is 0 Å². The van der Waals surface area contributed by atoms with Crippen LogP contribution >= 0.6 is 0 Å². The Kier molecular flexibility index (Phi) is 7.08. The fraction of sp³-hybridized carbons (Fsp3) is 0.448. The fourth-order valence-electron chi connectivity index (χ4n) is 5.94. The number of tetrazole rings is 1. The number of nitrogens with zero attached hydrogens (tertiary/aromatic N) is 7. The summed E-state index contributed by atoms with van der Waals surface area (Å²) in [6.45, 7) is 0. The van der Waals surface area contributed by atoms with Gasteiger partial charge in [0.2, 0.25) is 5.91 Å². The van der Waals surface area contributed by atoms with Crippen molar-refractivity contribution in [2.45, 2.75) is 62.6 Å². The van der Waals surface area contributed by atoms with E-state index in [4.69, 9.17) is 0 Å². The third-order valence-electron chi connectivity index (χ3n) is 8.17. The van der Waals surface area contributed by atoms with Gasteiger partial charge < -0.3 is 10.2 Å². The largest absolute Gasteiger partial charge is 0.413 e. The maximum Gasteiger partial charge on any atom is 0.413 e. The number of pyridine rings is 2. The summed E-state index contributed by atoms with van der Waals surface area (Å²) in [5.74, 6) is 0.0926. The Morgan fingerprint density at radius 3 is 2.37 bits per heavy atom. The van der Waals surface area contributed by atoms with Crippen LogP contribution in [0.5, 0.6) is 0 Å². The molecule has 1 aromatic carbocycles. The number of amides is 1. The van der Waals surface area contributed by atoms with Crippen LogP contribution in [0.4, 0.5) is 24.5 Å². The van der Waals surface area contributed by atoms with Gasteiger partial charge in [0, 0.05) is 36.3 Å². The van der Waals surface area contributed by atoms with Crippen molar-refractivity contribution in [2.24, 2.45) is 13.0 Å². The molecule has 41 heavy (non-hydrogen) atoms. The number of hydrogen-bond acceptors (Lipinski definition) is 7. The van der Waals surface area contributed by atoms with Crippen molar-refractivity contribution in [2.75, 3.05) is 12.4 Å². The molecule has 0 aliphatic heterocycles. The molecule has 0 saturated heterocycles. The second-order valence-corrected chi connectivity index (χ2v) is 11.1. The Hall–Kier alpha value is -4.09. The molecule has 9 nitrogen and oxygen atoms in total. The van der Waals surface area contributed by atoms with E-state index in [2.05, 4.69) is 30.7 Å². The molecule has 4 aromatic rings. The van der Waals surface area contributed by atoms with Gasteiger partial charge in [-0.05, 0) is 79.5 Å². The molecule has 2 aliphatic rings. The van der Waals surface area contributed by atoms with Crippen LogP contribution < -0.4 is 5.32 Å². The van der Waals surface area contributed by atoms with E-state index < -0.39 is 24.0 Å². The monoisotopic (exact) mass is 564 g/mol. The molecule has 0 bridgehead atoms. The normalized spacial score (nSPS) is 20.1. The number of hydrogen-bond donors (Lipinski definition) is 1. The van der Waals surface area contributed by atoms with Gasteiger partial charge in [-0.3, -0.25) is 14.8 Å². The highest BCUT2D eigenvalue weighted by molar-refractivity contribution is 5.85. The van der Waals surface area contributed by atoms with Crippen molar-refractivity contribution in [1.29, 1.82) is 0 Å². The predicted octanol–water partition coefficient (Wildman–Crippen LogP) is 5.81. The summed E-state index contributed by atoms with van der Waals surface area (Å²) >= 11 is 0. The molecule has 3 heterocycles. The Morgan fingerprint density at radius 2 is 1.73 bits per heavy atom. The van der Waals surface area contributed by atoms with Crippen molar-refractivity contribution in [3.63, 3.8) is 0 Å². The average molecular weight is 565 g/mol. The topological polar surface area (TPSA) is 102 Å². The first-order valence-electron chi connectivity index (χ1n) is 13.9. The third kappa shape index (κ3) is 5.59. The standard InChI is InChI=1S/C29H31F3N8O/c1-39(28(41)20-9-7-19(8-10-20)27-36-38-40(2)37-27)26(29(30,31)32)18-11-13-21(14-12-18)35-23-16-34-22-4-3-15-33-25(22)24(23)17-5-6-17/h3-4,11-17,19-20,26,35H,5-10H2,1-2H3/t19?,20?,26-/m1/s1. The maximum atomic E-state index is 14.4. The van der Waals surface area contributed by atoms with Gasteiger partial charge in [0.1, 0.15) is 0 Å². The first-order valence-corrected chi connectivity index (χ1v) is 13.9. The Labute approximate surface area is 235 Å². The predicted molar refractivity (Wildman–Crippen MR) is 146 cm³/mol. The fourth-order valence-corrected chi connectivity index (χ4v) is 5.94. The highest BCUT2D eigenvalue weighted by Crippen LogP contribution is 2.46. The molecule has 0 spiro atoms. The lowest BCUT2D eigenvalue weighted by atomic mass is 9.81. The molecule has 12 heteroatoms. The van der Waals surface area contributed by atoms with Crippen molar-refractivity contribution in [1.82, 2.24) is 35.1 Å².